The molecule has 6 rings (SSSR count). The molecular weight excluding hydrogens is 1400 g/mol. The van der Waals surface area contributed by atoms with Crippen molar-refractivity contribution in [2.24, 2.45) is 11.8 Å². The SMILES string of the molecule is CCC(CC)CCNc1ccc(C)c2sc3cc[c]([Hg][Cl])cc3c(=O)c12.CCC(CC)CCNc1ccc(C)c2sc3ccccc3c(=O)c12.[Ac].[Cl][201Hg][Cl].[Na+].[OH-]. The standard InChI is InChI=1S/C21H25NOS.C21H24NOS.Ac.3ClH.2Hg.Na.H2O/c2*1-4-15(5-2)12-13-22-17-11-10-14(3)21-19(17)20(23)16-8-6-7-9-18(16)24-21;;;;;;;;/h6-11,15,22H,4-5,12-13H2,1-3H3;7-11,15,22H,4-5,12-13H2,1-3H3;;3*1H;;;;1H2/q;;;;;;+2;2*+1;/p-4/i;;;;;;1+0;;;. The first kappa shape index (κ1) is 55.4. The van der Waals surface area contributed by atoms with E-state index in [9.17, 15) is 9.59 Å². The fourth-order valence-electron chi connectivity index (χ4n) is 6.76. The average Bonchev–Trinajstić information content (AvgIpc) is 3.17. The zero-order valence-corrected chi connectivity index (χ0v) is 55.5. The molecule has 2 aromatic heterocycles. The summed E-state index contributed by atoms with van der Waals surface area (Å²) in [6.45, 7) is 15.0. The molecule has 2 heterocycles. The van der Waals surface area contributed by atoms with Crippen molar-refractivity contribution in [3.05, 3.63) is 98.3 Å². The predicted molar refractivity (Wildman–Crippen MR) is 234 cm³/mol. The van der Waals surface area contributed by atoms with Gasteiger partial charge in [0.05, 0.1) is 5.39 Å². The predicted octanol–water partition coefficient (Wildman–Crippen LogP) is 9.99. The zero-order chi connectivity index (χ0) is 38.5. The van der Waals surface area contributed by atoms with Crippen molar-refractivity contribution in [1.82, 2.24) is 0 Å². The van der Waals surface area contributed by atoms with Crippen LogP contribution in [0.5, 0.6) is 0 Å². The van der Waals surface area contributed by atoms with Crippen molar-refractivity contribution in [2.45, 2.75) is 80.1 Å². The zero-order valence-electron chi connectivity index (χ0n) is 33.9. The molecule has 0 fully saturated rings. The van der Waals surface area contributed by atoms with E-state index in [1.54, 1.807) is 22.7 Å². The smallest absolute Gasteiger partial charge is 0.870 e. The Hall–Kier alpha value is 1.40. The molecule has 5 nitrogen and oxygen atoms in total. The summed E-state index contributed by atoms with van der Waals surface area (Å²) >= 11 is 0.778. The summed E-state index contributed by atoms with van der Waals surface area (Å²) in [5, 5.41) is 10.4. The van der Waals surface area contributed by atoms with Gasteiger partial charge in [0.15, 0.2) is 5.43 Å². The van der Waals surface area contributed by atoms with Crippen molar-refractivity contribution in [1.29, 1.82) is 0 Å². The van der Waals surface area contributed by atoms with Crippen LogP contribution in [0.15, 0.2) is 76.3 Å². The Labute approximate surface area is 433 Å². The first-order valence-corrected chi connectivity index (χ1v) is 43.4. The topological polar surface area (TPSA) is 88.2 Å². The summed E-state index contributed by atoms with van der Waals surface area (Å²) in [5.41, 5.74) is 4.57. The third-order valence-electron chi connectivity index (χ3n) is 10.2. The van der Waals surface area contributed by atoms with Crippen molar-refractivity contribution in [3.63, 3.8) is 0 Å². The van der Waals surface area contributed by atoms with E-state index in [4.69, 9.17) is 24.7 Å². The number of hydrogen-bond donors (Lipinski definition) is 2. The van der Waals surface area contributed by atoms with Crippen LogP contribution in [-0.2, 0) is 45.4 Å². The minimum Gasteiger partial charge on any atom is -0.870 e. The molecule has 6 aromatic rings. The molecule has 3 N–H and O–H groups in total. The van der Waals surface area contributed by atoms with Gasteiger partial charge in [0.1, 0.15) is 0 Å². The Morgan fingerprint density at radius 1 is 0.643 bits per heavy atom. The number of halogens is 3. The Bertz CT molecular complexity index is 2260. The fraction of sp³-hybridized carbons (Fsp3) is 0.381. The molecule has 0 amide bonds. The van der Waals surface area contributed by atoms with Crippen LogP contribution in [0.2, 0.25) is 0 Å². The number of anilines is 2. The van der Waals surface area contributed by atoms with E-state index in [2.05, 4.69) is 88.6 Å². The van der Waals surface area contributed by atoms with Gasteiger partial charge in [-0.2, -0.15) is 0 Å². The van der Waals surface area contributed by atoms with Gasteiger partial charge < -0.3 is 10.8 Å². The van der Waals surface area contributed by atoms with Gasteiger partial charge in [-0.3, -0.25) is 4.79 Å². The van der Waals surface area contributed by atoms with E-state index in [-0.39, 0.29) is 90.0 Å². The van der Waals surface area contributed by atoms with Crippen LogP contribution < -0.4 is 54.1 Å². The minimum atomic E-state index is -1.51. The maximum absolute atomic E-state index is 13.3. The van der Waals surface area contributed by atoms with Gasteiger partial charge in [0.2, 0.25) is 0 Å². The van der Waals surface area contributed by atoms with Crippen molar-refractivity contribution in [3.8, 4) is 0 Å². The number of rotatable bonds is 13. The van der Waals surface area contributed by atoms with Crippen molar-refractivity contribution < 1.29 is 125 Å². The fourth-order valence-corrected chi connectivity index (χ4v) is 12.4. The summed E-state index contributed by atoms with van der Waals surface area (Å²) in [7, 11) is 16.2. The van der Waals surface area contributed by atoms with Crippen LogP contribution in [-0.4, -0.2) is 18.6 Å². The summed E-state index contributed by atoms with van der Waals surface area (Å²) < 4.78 is 5.53. The van der Waals surface area contributed by atoms with Crippen LogP contribution in [0.1, 0.15) is 77.3 Å². The second-order valence-electron chi connectivity index (χ2n) is 13.5. The Balaban J connectivity index is 0.000000499. The van der Waals surface area contributed by atoms with Crippen LogP contribution >= 0.6 is 47.4 Å². The quantitative estimate of drug-likeness (QED) is 0.0889. The van der Waals surface area contributed by atoms with Crippen LogP contribution in [0.3, 0.4) is 0 Å². The number of aryl methyl sites for hydroxylation is 2. The first-order chi connectivity index (χ1) is 25.6. The number of hydrogen-bond acceptors (Lipinski definition) is 7. The van der Waals surface area contributed by atoms with Crippen LogP contribution in [0.4, 0.5) is 11.4 Å². The van der Waals surface area contributed by atoms with Gasteiger partial charge in [0.25, 0.3) is 0 Å². The van der Waals surface area contributed by atoms with E-state index >= 15 is 0 Å². The molecule has 0 aliphatic heterocycles. The third kappa shape index (κ3) is 14.8. The Morgan fingerprint density at radius 2 is 1.07 bits per heavy atom. The summed E-state index contributed by atoms with van der Waals surface area (Å²) in [6, 6.07) is 22.5. The monoisotopic (exact) mass is 1450 g/mol. The van der Waals surface area contributed by atoms with E-state index in [1.165, 1.54) is 34.3 Å². The Morgan fingerprint density at radius 3 is 1.52 bits per heavy atom. The molecule has 4 aromatic carbocycles. The molecule has 0 saturated heterocycles. The Kier molecular flexibility index (Phi) is 28.6. The van der Waals surface area contributed by atoms with Gasteiger partial charge in [-0.25, -0.2) is 0 Å². The van der Waals surface area contributed by atoms with E-state index < -0.39 is 45.4 Å². The molecule has 0 spiro atoms. The van der Waals surface area contributed by atoms with Gasteiger partial charge >= 0.3 is 244 Å². The first-order valence-electron chi connectivity index (χ1n) is 18.8. The van der Waals surface area contributed by atoms with E-state index in [1.807, 2.05) is 30.3 Å². The van der Waals surface area contributed by atoms with Crippen molar-refractivity contribution >= 4 is 102 Å². The van der Waals surface area contributed by atoms with Gasteiger partial charge in [-0.1, -0.05) is 44.9 Å². The molecule has 14 heteroatoms. The van der Waals surface area contributed by atoms with Gasteiger partial charge in [-0.05, 0) is 43.0 Å². The van der Waals surface area contributed by atoms with Gasteiger partial charge in [0, 0.05) is 71.1 Å². The molecule has 0 aliphatic carbocycles. The summed E-state index contributed by atoms with van der Waals surface area (Å²) in [4.78, 5) is 26.3. The minimum absolute atomic E-state index is 0. The van der Waals surface area contributed by atoms with Crippen LogP contribution in [0, 0.1) is 69.7 Å². The molecule has 0 saturated carbocycles. The second-order valence-corrected chi connectivity index (χ2v) is 30.0. The third-order valence-corrected chi connectivity index (χ3v) is 18.4. The molecule has 287 valence electrons. The maximum Gasteiger partial charge on any atom is 1.00 e. The molecule has 56 heavy (non-hydrogen) atoms. The molecule has 0 bridgehead atoms. The van der Waals surface area contributed by atoms with Crippen LogP contribution in [0.25, 0.3) is 40.3 Å². The molecule has 0 atom stereocenters. The molecule has 0 unspecified atom stereocenters. The number of benzene rings is 4. The average molecular weight is 1450 g/mol. The summed E-state index contributed by atoms with van der Waals surface area (Å²) in [5.74, 6) is 1.50. The number of fused-ring (bicyclic) bond motifs is 4. The molecule has 0 aliphatic rings. The molecule has 1 radical (unpaired) electrons. The number of nitrogens with one attached hydrogen (secondary N) is 2. The maximum atomic E-state index is 13.3. The normalized spacial score (nSPS) is 10.3. The van der Waals surface area contributed by atoms with Gasteiger partial charge in [-0.15, -0.1) is 11.3 Å². The second kappa shape index (κ2) is 28.9. The van der Waals surface area contributed by atoms with E-state index in [0.717, 1.165) is 95.0 Å². The largest absolute Gasteiger partial charge is 1.00 e. The molecular formula is C42H50AcCl3Hg2N2NaO3S2. The van der Waals surface area contributed by atoms with E-state index in [0.29, 0.717) is 0 Å². The summed E-state index contributed by atoms with van der Waals surface area (Å²) in [6.07, 6.45) is 7.13. The van der Waals surface area contributed by atoms with Crippen molar-refractivity contribution in [2.75, 3.05) is 23.7 Å².